The normalized spacial score (nSPS) is 12.5. The van der Waals surface area contributed by atoms with Crippen LogP contribution in [0, 0.1) is 5.41 Å². The smallest absolute Gasteiger partial charge is 0.320 e. The predicted octanol–water partition coefficient (Wildman–Crippen LogP) is 0.218. The molecular formula is C6H12N2O2. The lowest BCUT2D eigenvalue weighted by atomic mass is 10.1. The van der Waals surface area contributed by atoms with E-state index < -0.39 is 12.0 Å². The van der Waals surface area contributed by atoms with Crippen molar-refractivity contribution in [1.29, 1.82) is 5.41 Å². The van der Waals surface area contributed by atoms with Crippen LogP contribution in [-0.2, 0) is 4.79 Å². The molecule has 0 aliphatic heterocycles. The zero-order valence-electron chi connectivity index (χ0n) is 5.71. The number of nitrogens with one attached hydrogen (secondary N) is 1. The largest absolute Gasteiger partial charge is 0.480 e. The van der Waals surface area contributed by atoms with Crippen molar-refractivity contribution >= 4 is 12.2 Å². The second kappa shape index (κ2) is 4.93. The number of carboxylic acid groups (broad SMARTS) is 1. The number of carboxylic acids is 1. The minimum atomic E-state index is -0.968. The van der Waals surface area contributed by atoms with Crippen molar-refractivity contribution in [2.24, 2.45) is 5.73 Å². The molecule has 0 spiro atoms. The van der Waals surface area contributed by atoms with Gasteiger partial charge in [0.05, 0.1) is 0 Å². The Bertz CT molecular complexity index is 125. The Morgan fingerprint density at radius 2 is 2.40 bits per heavy atom. The summed E-state index contributed by atoms with van der Waals surface area (Å²) in [7, 11) is 0. The molecule has 0 aromatic rings. The minimum Gasteiger partial charge on any atom is -0.480 e. The zero-order valence-corrected chi connectivity index (χ0v) is 5.71. The minimum absolute atomic E-state index is 0.449. The van der Waals surface area contributed by atoms with Crippen molar-refractivity contribution in [3.8, 4) is 0 Å². The fourth-order valence-electron chi connectivity index (χ4n) is 0.563. The molecule has 4 N–H and O–H groups in total. The molecule has 1 atom stereocenters. The summed E-state index contributed by atoms with van der Waals surface area (Å²) in [5.74, 6) is -0.968. The number of nitrogens with two attached hydrogens (primary N) is 1. The molecular weight excluding hydrogens is 132 g/mol. The van der Waals surface area contributed by atoms with Crippen molar-refractivity contribution in [2.75, 3.05) is 0 Å². The van der Waals surface area contributed by atoms with E-state index in [1.165, 1.54) is 6.21 Å². The highest BCUT2D eigenvalue weighted by molar-refractivity contribution is 5.73. The molecule has 0 rings (SSSR count). The van der Waals surface area contributed by atoms with Crippen molar-refractivity contribution in [3.63, 3.8) is 0 Å². The first kappa shape index (κ1) is 9.10. The Kier molecular flexibility index (Phi) is 4.49. The molecule has 0 aromatic heterocycles. The Morgan fingerprint density at radius 3 is 2.80 bits per heavy atom. The monoisotopic (exact) mass is 144 g/mol. The molecule has 0 amide bonds. The summed E-state index contributed by atoms with van der Waals surface area (Å²) in [6, 6.07) is -0.764. The van der Waals surface area contributed by atoms with Crippen LogP contribution in [-0.4, -0.2) is 23.3 Å². The second-order valence-corrected chi connectivity index (χ2v) is 2.08. The Balaban J connectivity index is 3.30. The summed E-state index contributed by atoms with van der Waals surface area (Å²) in [6.45, 7) is 0. The fourth-order valence-corrected chi connectivity index (χ4v) is 0.563. The lowest BCUT2D eigenvalue weighted by molar-refractivity contribution is -0.138. The first-order valence-corrected chi connectivity index (χ1v) is 3.15. The Morgan fingerprint density at radius 1 is 1.80 bits per heavy atom. The van der Waals surface area contributed by atoms with Crippen LogP contribution >= 0.6 is 0 Å². The maximum absolute atomic E-state index is 10.1. The SMILES string of the molecule is N=CCCC[C@H](N)C(=O)O. The third kappa shape index (κ3) is 4.03. The van der Waals surface area contributed by atoms with Crippen LogP contribution in [0.1, 0.15) is 19.3 Å². The average molecular weight is 144 g/mol. The first-order valence-electron chi connectivity index (χ1n) is 3.15. The van der Waals surface area contributed by atoms with E-state index in [1.54, 1.807) is 0 Å². The highest BCUT2D eigenvalue weighted by atomic mass is 16.4. The molecule has 0 unspecified atom stereocenters. The molecule has 58 valence electrons. The summed E-state index contributed by atoms with van der Waals surface area (Å²) in [5.41, 5.74) is 5.18. The van der Waals surface area contributed by atoms with Gasteiger partial charge in [0.2, 0.25) is 0 Å². The van der Waals surface area contributed by atoms with Gasteiger partial charge in [0.25, 0.3) is 0 Å². The molecule has 0 aliphatic carbocycles. The molecule has 0 saturated carbocycles. The van der Waals surface area contributed by atoms with Gasteiger partial charge in [-0.1, -0.05) is 0 Å². The van der Waals surface area contributed by atoms with Crippen LogP contribution in [0.25, 0.3) is 0 Å². The predicted molar refractivity (Wildman–Crippen MR) is 38.2 cm³/mol. The molecule has 10 heavy (non-hydrogen) atoms. The van der Waals surface area contributed by atoms with Gasteiger partial charge in [0, 0.05) is 0 Å². The van der Waals surface area contributed by atoms with Gasteiger partial charge in [-0.25, -0.2) is 0 Å². The summed E-state index contributed by atoms with van der Waals surface area (Å²) in [4.78, 5) is 10.1. The number of rotatable bonds is 5. The molecule has 4 heteroatoms. The molecule has 0 saturated heterocycles. The summed E-state index contributed by atoms with van der Waals surface area (Å²) in [5, 5.41) is 14.9. The van der Waals surface area contributed by atoms with Crippen LogP contribution in [0.2, 0.25) is 0 Å². The number of aliphatic carboxylic acids is 1. The molecule has 0 heterocycles. The van der Waals surface area contributed by atoms with Gasteiger partial charge in [0.15, 0.2) is 0 Å². The highest BCUT2D eigenvalue weighted by Crippen LogP contribution is 1.96. The standard InChI is InChI=1S/C6H12N2O2/c7-4-2-1-3-5(8)6(9)10/h4-5,7H,1-3,8H2,(H,9,10)/t5-/m0/s1. The Labute approximate surface area is 59.5 Å². The number of hydrogen-bond donors (Lipinski definition) is 3. The van der Waals surface area contributed by atoms with Crippen molar-refractivity contribution in [1.82, 2.24) is 0 Å². The van der Waals surface area contributed by atoms with E-state index >= 15 is 0 Å². The van der Waals surface area contributed by atoms with Crippen molar-refractivity contribution in [3.05, 3.63) is 0 Å². The Hall–Kier alpha value is -0.900. The average Bonchev–Trinajstić information content (AvgIpc) is 1.88. The van der Waals surface area contributed by atoms with Crippen LogP contribution in [0.15, 0.2) is 0 Å². The lowest BCUT2D eigenvalue weighted by Gasteiger charge is -2.02. The molecule has 4 nitrogen and oxygen atoms in total. The van der Waals surface area contributed by atoms with E-state index in [1.807, 2.05) is 0 Å². The van der Waals surface area contributed by atoms with Gasteiger partial charge in [-0.05, 0) is 25.5 Å². The zero-order chi connectivity index (χ0) is 7.98. The number of carbonyl (C=O) groups is 1. The second-order valence-electron chi connectivity index (χ2n) is 2.08. The summed E-state index contributed by atoms with van der Waals surface area (Å²) in [6.07, 6.45) is 3.00. The highest BCUT2D eigenvalue weighted by Gasteiger charge is 2.09. The maximum atomic E-state index is 10.1. The van der Waals surface area contributed by atoms with E-state index in [9.17, 15) is 4.79 Å². The topological polar surface area (TPSA) is 87.2 Å². The maximum Gasteiger partial charge on any atom is 0.320 e. The van der Waals surface area contributed by atoms with Crippen LogP contribution in [0.5, 0.6) is 0 Å². The van der Waals surface area contributed by atoms with Crippen LogP contribution in [0.4, 0.5) is 0 Å². The molecule has 0 radical (unpaired) electrons. The molecule has 0 fully saturated rings. The van der Waals surface area contributed by atoms with Crippen LogP contribution < -0.4 is 5.73 Å². The number of hydrogen-bond acceptors (Lipinski definition) is 3. The van der Waals surface area contributed by atoms with Gasteiger partial charge in [-0.2, -0.15) is 0 Å². The van der Waals surface area contributed by atoms with Gasteiger partial charge in [-0.15, -0.1) is 0 Å². The molecule has 0 bridgehead atoms. The summed E-state index contributed by atoms with van der Waals surface area (Å²) < 4.78 is 0. The van der Waals surface area contributed by atoms with Gasteiger partial charge >= 0.3 is 5.97 Å². The third-order valence-corrected chi connectivity index (χ3v) is 1.18. The third-order valence-electron chi connectivity index (χ3n) is 1.18. The van der Waals surface area contributed by atoms with Gasteiger partial charge < -0.3 is 16.2 Å². The number of unbranched alkanes of at least 4 members (excludes halogenated alkanes) is 1. The van der Waals surface area contributed by atoms with Gasteiger partial charge in [-0.3, -0.25) is 4.79 Å². The van der Waals surface area contributed by atoms with Crippen molar-refractivity contribution in [2.45, 2.75) is 25.3 Å². The summed E-state index contributed by atoms with van der Waals surface area (Å²) >= 11 is 0. The van der Waals surface area contributed by atoms with E-state index in [0.717, 1.165) is 0 Å². The quantitative estimate of drug-likeness (QED) is 0.381. The molecule has 0 aliphatic rings. The molecule has 0 aromatic carbocycles. The van der Waals surface area contributed by atoms with Crippen LogP contribution in [0.3, 0.4) is 0 Å². The van der Waals surface area contributed by atoms with Crippen molar-refractivity contribution < 1.29 is 9.90 Å². The van der Waals surface area contributed by atoms with E-state index in [2.05, 4.69) is 0 Å². The lowest BCUT2D eigenvalue weighted by Crippen LogP contribution is -2.29. The van der Waals surface area contributed by atoms with E-state index in [4.69, 9.17) is 16.2 Å². The fraction of sp³-hybridized carbons (Fsp3) is 0.667. The van der Waals surface area contributed by atoms with E-state index in [-0.39, 0.29) is 0 Å². The first-order chi connectivity index (χ1) is 4.68. The van der Waals surface area contributed by atoms with Gasteiger partial charge in [0.1, 0.15) is 6.04 Å². The van der Waals surface area contributed by atoms with E-state index in [0.29, 0.717) is 19.3 Å².